The van der Waals surface area contributed by atoms with E-state index < -0.39 is 0 Å². The SMILES string of the molecule is CNc1nc(Cl)nc(Oc2ccc(CC#N)cc2)n1. The third kappa shape index (κ3) is 3.53. The predicted octanol–water partition coefficient (Wildman–Crippen LogP) is 2.43. The second-order valence-corrected chi connectivity index (χ2v) is 3.88. The molecule has 2 aromatic rings. The van der Waals surface area contributed by atoms with Crippen LogP contribution in [0.5, 0.6) is 11.8 Å². The van der Waals surface area contributed by atoms with Gasteiger partial charge < -0.3 is 10.1 Å². The lowest BCUT2D eigenvalue weighted by Crippen LogP contribution is -2.01. The van der Waals surface area contributed by atoms with Gasteiger partial charge in [0, 0.05) is 7.05 Å². The van der Waals surface area contributed by atoms with Crippen LogP contribution in [-0.2, 0) is 6.42 Å². The van der Waals surface area contributed by atoms with Crippen molar-refractivity contribution in [2.45, 2.75) is 6.42 Å². The highest BCUT2D eigenvalue weighted by molar-refractivity contribution is 6.28. The lowest BCUT2D eigenvalue weighted by molar-refractivity contribution is 0.440. The summed E-state index contributed by atoms with van der Waals surface area (Å²) in [5.74, 6) is 0.891. The zero-order valence-corrected chi connectivity index (χ0v) is 10.8. The minimum absolute atomic E-state index is 0.0513. The van der Waals surface area contributed by atoms with Crippen LogP contribution < -0.4 is 10.1 Å². The number of halogens is 1. The fourth-order valence-electron chi connectivity index (χ4n) is 1.36. The fourth-order valence-corrected chi connectivity index (χ4v) is 1.51. The van der Waals surface area contributed by atoms with E-state index in [0.29, 0.717) is 18.1 Å². The van der Waals surface area contributed by atoms with E-state index >= 15 is 0 Å². The van der Waals surface area contributed by atoms with Crippen molar-refractivity contribution < 1.29 is 4.74 Å². The molecule has 0 aliphatic rings. The number of rotatable bonds is 4. The summed E-state index contributed by atoms with van der Waals surface area (Å²) in [6.07, 6.45) is 0.363. The van der Waals surface area contributed by atoms with Gasteiger partial charge in [-0.3, -0.25) is 0 Å². The fraction of sp³-hybridized carbons (Fsp3) is 0.167. The molecule has 0 atom stereocenters. The summed E-state index contributed by atoms with van der Waals surface area (Å²) in [4.78, 5) is 11.7. The Hall–Kier alpha value is -2.39. The molecule has 1 aromatic carbocycles. The molecule has 0 spiro atoms. The lowest BCUT2D eigenvalue weighted by atomic mass is 10.2. The number of ether oxygens (including phenoxy) is 1. The van der Waals surface area contributed by atoms with Gasteiger partial charge in [0.25, 0.3) is 0 Å². The number of aromatic nitrogens is 3. The number of nitriles is 1. The Morgan fingerprint density at radius 3 is 2.63 bits per heavy atom. The van der Waals surface area contributed by atoms with Crippen LogP contribution in [0.2, 0.25) is 5.28 Å². The summed E-state index contributed by atoms with van der Waals surface area (Å²) in [7, 11) is 1.67. The number of anilines is 1. The molecule has 0 aliphatic carbocycles. The molecular formula is C12H10ClN5O. The average molecular weight is 276 g/mol. The van der Waals surface area contributed by atoms with Crippen LogP contribution in [0.1, 0.15) is 5.56 Å². The molecule has 1 heterocycles. The van der Waals surface area contributed by atoms with Crippen LogP contribution in [0.15, 0.2) is 24.3 Å². The number of hydrogen-bond acceptors (Lipinski definition) is 6. The van der Waals surface area contributed by atoms with Gasteiger partial charge in [0.05, 0.1) is 12.5 Å². The molecule has 0 saturated carbocycles. The minimum atomic E-state index is 0.0513. The van der Waals surface area contributed by atoms with Crippen LogP contribution in [-0.4, -0.2) is 22.0 Å². The topological polar surface area (TPSA) is 83.7 Å². The molecule has 0 radical (unpaired) electrons. The molecule has 0 fully saturated rings. The van der Waals surface area contributed by atoms with Crippen molar-refractivity contribution >= 4 is 17.5 Å². The molecule has 96 valence electrons. The summed E-state index contributed by atoms with van der Waals surface area (Å²) in [5, 5.41) is 11.4. The van der Waals surface area contributed by atoms with Crippen LogP contribution in [0.25, 0.3) is 0 Å². The molecule has 1 N–H and O–H groups in total. The largest absolute Gasteiger partial charge is 0.424 e. The quantitative estimate of drug-likeness (QED) is 0.922. The molecule has 0 aliphatic heterocycles. The zero-order chi connectivity index (χ0) is 13.7. The lowest BCUT2D eigenvalue weighted by Gasteiger charge is -2.05. The molecule has 0 unspecified atom stereocenters. The normalized spacial score (nSPS) is 9.74. The minimum Gasteiger partial charge on any atom is -0.424 e. The maximum Gasteiger partial charge on any atom is 0.328 e. The van der Waals surface area contributed by atoms with Gasteiger partial charge in [-0.05, 0) is 29.3 Å². The van der Waals surface area contributed by atoms with E-state index in [-0.39, 0.29) is 11.3 Å². The number of nitrogens with zero attached hydrogens (tertiary/aromatic N) is 4. The highest BCUT2D eigenvalue weighted by Crippen LogP contribution is 2.20. The van der Waals surface area contributed by atoms with Gasteiger partial charge in [0.15, 0.2) is 0 Å². The summed E-state index contributed by atoms with van der Waals surface area (Å²) in [6, 6.07) is 9.28. The van der Waals surface area contributed by atoms with E-state index in [2.05, 4.69) is 26.3 Å². The van der Waals surface area contributed by atoms with Gasteiger partial charge in [-0.25, -0.2) is 0 Å². The summed E-state index contributed by atoms with van der Waals surface area (Å²) >= 11 is 5.74. The Morgan fingerprint density at radius 2 is 2.00 bits per heavy atom. The van der Waals surface area contributed by atoms with E-state index in [9.17, 15) is 0 Å². The third-order valence-electron chi connectivity index (χ3n) is 2.23. The standard InChI is InChI=1S/C12H10ClN5O/c1-15-11-16-10(13)17-12(18-11)19-9-4-2-8(3-5-9)6-7-14/h2-5H,6H2,1H3,(H,15,16,17,18). The van der Waals surface area contributed by atoms with E-state index in [1.165, 1.54) is 0 Å². The molecule has 0 bridgehead atoms. The first kappa shape index (κ1) is 13.1. The second-order valence-electron chi connectivity index (χ2n) is 3.54. The first-order chi connectivity index (χ1) is 9.21. The monoisotopic (exact) mass is 275 g/mol. The van der Waals surface area contributed by atoms with Gasteiger partial charge in [-0.1, -0.05) is 12.1 Å². The highest BCUT2D eigenvalue weighted by Gasteiger charge is 2.06. The molecule has 0 saturated heterocycles. The van der Waals surface area contributed by atoms with Gasteiger partial charge in [-0.2, -0.15) is 20.2 Å². The van der Waals surface area contributed by atoms with Gasteiger partial charge in [0.2, 0.25) is 11.2 Å². The van der Waals surface area contributed by atoms with Crippen LogP contribution in [0.3, 0.4) is 0 Å². The predicted molar refractivity (Wildman–Crippen MR) is 70.2 cm³/mol. The van der Waals surface area contributed by atoms with Gasteiger partial charge >= 0.3 is 6.01 Å². The van der Waals surface area contributed by atoms with Crippen molar-refractivity contribution in [1.82, 2.24) is 15.0 Å². The molecular weight excluding hydrogens is 266 g/mol. The Kier molecular flexibility index (Phi) is 4.11. The number of hydrogen-bond donors (Lipinski definition) is 1. The first-order valence-corrected chi connectivity index (χ1v) is 5.82. The van der Waals surface area contributed by atoms with Gasteiger partial charge in [0.1, 0.15) is 5.75 Å². The molecule has 6 nitrogen and oxygen atoms in total. The van der Waals surface area contributed by atoms with Gasteiger partial charge in [-0.15, -0.1) is 0 Å². The maximum absolute atomic E-state index is 8.58. The number of benzene rings is 1. The average Bonchev–Trinajstić information content (AvgIpc) is 2.40. The zero-order valence-electron chi connectivity index (χ0n) is 10.1. The molecule has 1 aromatic heterocycles. The summed E-state index contributed by atoms with van der Waals surface area (Å²) < 4.78 is 5.47. The molecule has 0 amide bonds. The van der Waals surface area contributed by atoms with Crippen molar-refractivity contribution in [1.29, 1.82) is 5.26 Å². The third-order valence-corrected chi connectivity index (χ3v) is 2.40. The summed E-state index contributed by atoms with van der Waals surface area (Å²) in [6.45, 7) is 0. The molecule has 2 rings (SSSR count). The summed E-state index contributed by atoms with van der Waals surface area (Å²) in [5.41, 5.74) is 0.916. The van der Waals surface area contributed by atoms with Crippen molar-refractivity contribution in [3.8, 4) is 17.8 Å². The van der Waals surface area contributed by atoms with Crippen molar-refractivity contribution in [3.05, 3.63) is 35.1 Å². The molecule has 7 heteroatoms. The van der Waals surface area contributed by atoms with Crippen molar-refractivity contribution in [3.63, 3.8) is 0 Å². The van der Waals surface area contributed by atoms with E-state index in [1.807, 2.05) is 0 Å². The van der Waals surface area contributed by atoms with E-state index in [1.54, 1.807) is 31.3 Å². The van der Waals surface area contributed by atoms with E-state index in [4.69, 9.17) is 21.6 Å². The molecule has 19 heavy (non-hydrogen) atoms. The van der Waals surface area contributed by atoms with Crippen LogP contribution >= 0.6 is 11.6 Å². The number of nitrogens with one attached hydrogen (secondary N) is 1. The highest BCUT2D eigenvalue weighted by atomic mass is 35.5. The second kappa shape index (κ2) is 5.98. The Bertz CT molecular complexity index is 609. The maximum atomic E-state index is 8.58. The van der Waals surface area contributed by atoms with Crippen molar-refractivity contribution in [2.24, 2.45) is 0 Å². The van der Waals surface area contributed by atoms with Crippen molar-refractivity contribution in [2.75, 3.05) is 12.4 Å². The van der Waals surface area contributed by atoms with E-state index in [0.717, 1.165) is 5.56 Å². The Morgan fingerprint density at radius 1 is 1.26 bits per heavy atom. The smallest absolute Gasteiger partial charge is 0.328 e. The van der Waals surface area contributed by atoms with Crippen LogP contribution in [0, 0.1) is 11.3 Å². The Labute approximate surface area is 115 Å². The Balaban J connectivity index is 2.16. The first-order valence-electron chi connectivity index (χ1n) is 5.44. The van der Waals surface area contributed by atoms with Crippen LogP contribution in [0.4, 0.5) is 5.95 Å².